The third-order valence-electron chi connectivity index (χ3n) is 2.57. The first kappa shape index (κ1) is 15.0. The highest BCUT2D eigenvalue weighted by Gasteiger charge is 2.30. The van der Waals surface area contributed by atoms with Gasteiger partial charge >= 0.3 is 11.9 Å². The number of carbonyl (C=O) groups is 2. The van der Waals surface area contributed by atoms with Crippen molar-refractivity contribution in [2.45, 2.75) is 25.8 Å². The van der Waals surface area contributed by atoms with Crippen molar-refractivity contribution in [1.29, 1.82) is 0 Å². The van der Waals surface area contributed by atoms with E-state index in [2.05, 4.69) is 14.8 Å². The van der Waals surface area contributed by atoms with E-state index in [1.54, 1.807) is 12.1 Å². The zero-order valence-electron chi connectivity index (χ0n) is 11.6. The van der Waals surface area contributed by atoms with Gasteiger partial charge in [0, 0.05) is 11.7 Å². The minimum atomic E-state index is -1.04. The van der Waals surface area contributed by atoms with Crippen molar-refractivity contribution in [1.82, 2.24) is 0 Å². The van der Waals surface area contributed by atoms with Gasteiger partial charge in [0.25, 0.3) is 0 Å². The molecule has 0 saturated heterocycles. The molecule has 0 amide bonds. The Kier molecular flexibility index (Phi) is 5.36. The summed E-state index contributed by atoms with van der Waals surface area (Å²) < 4.78 is 9.26. The fourth-order valence-electron chi connectivity index (χ4n) is 1.71. The summed E-state index contributed by atoms with van der Waals surface area (Å²) in [6.07, 6.45) is 0. The molecule has 1 rings (SSSR count). The molecular weight excluding hydrogens is 246 g/mol. The summed E-state index contributed by atoms with van der Waals surface area (Å²) in [5.74, 6) is -2.30. The molecule has 104 valence electrons. The number of nitrogens with one attached hydrogen (secondary N) is 1. The van der Waals surface area contributed by atoms with Crippen molar-refractivity contribution in [3.8, 4) is 0 Å². The van der Waals surface area contributed by atoms with Gasteiger partial charge in [0.2, 0.25) is 0 Å². The van der Waals surface area contributed by atoms with Crippen molar-refractivity contribution in [2.75, 3.05) is 19.5 Å². The van der Waals surface area contributed by atoms with Crippen LogP contribution in [0.2, 0.25) is 0 Å². The average Bonchev–Trinajstić information content (AvgIpc) is 2.39. The lowest BCUT2D eigenvalue weighted by molar-refractivity contribution is -0.154. The van der Waals surface area contributed by atoms with Crippen LogP contribution in [0.3, 0.4) is 0 Å². The van der Waals surface area contributed by atoms with E-state index in [0.29, 0.717) is 11.6 Å². The maximum atomic E-state index is 11.6. The third kappa shape index (κ3) is 3.98. The molecule has 0 atom stereocenters. The maximum absolute atomic E-state index is 11.6. The highest BCUT2D eigenvalue weighted by atomic mass is 16.5. The van der Waals surface area contributed by atoms with Gasteiger partial charge < -0.3 is 14.8 Å². The Labute approximate surface area is 112 Å². The summed E-state index contributed by atoms with van der Waals surface area (Å²) in [5, 5.41) is 3.22. The average molecular weight is 265 g/mol. The Morgan fingerprint density at radius 3 is 1.84 bits per heavy atom. The summed E-state index contributed by atoms with van der Waals surface area (Å²) in [7, 11) is 2.49. The van der Waals surface area contributed by atoms with E-state index in [9.17, 15) is 9.59 Å². The van der Waals surface area contributed by atoms with Crippen molar-refractivity contribution < 1.29 is 19.1 Å². The first-order chi connectivity index (χ1) is 8.99. The molecule has 0 radical (unpaired) electrons. The predicted molar refractivity (Wildman–Crippen MR) is 72.0 cm³/mol. The van der Waals surface area contributed by atoms with E-state index in [1.807, 2.05) is 26.0 Å². The highest BCUT2D eigenvalue weighted by molar-refractivity contribution is 6.00. The molecule has 0 aliphatic carbocycles. The Bertz CT molecular complexity index is 423. The van der Waals surface area contributed by atoms with Gasteiger partial charge in [-0.2, -0.15) is 0 Å². The molecule has 0 bridgehead atoms. The van der Waals surface area contributed by atoms with Crippen LogP contribution in [0.15, 0.2) is 24.3 Å². The summed E-state index contributed by atoms with van der Waals surface area (Å²) in [5.41, 5.74) is 1.47. The molecule has 0 spiro atoms. The fraction of sp³-hybridized carbons (Fsp3) is 0.429. The number of hydrogen-bond donors (Lipinski definition) is 1. The first-order valence-corrected chi connectivity index (χ1v) is 6.01. The zero-order valence-corrected chi connectivity index (χ0v) is 11.6. The van der Waals surface area contributed by atoms with Crippen LogP contribution in [0.25, 0.3) is 0 Å². The standard InChI is InChI=1S/C14H19NO4/c1-9(2)15-11-7-5-10(6-8-11)12(13(16)18-3)14(17)19-4/h5-9,12,15H,1-4H3. The van der Waals surface area contributed by atoms with E-state index >= 15 is 0 Å². The molecule has 0 unspecified atom stereocenters. The number of hydrogen-bond acceptors (Lipinski definition) is 5. The number of esters is 2. The van der Waals surface area contributed by atoms with Gasteiger partial charge in [0.05, 0.1) is 14.2 Å². The lowest BCUT2D eigenvalue weighted by Gasteiger charge is -2.14. The largest absolute Gasteiger partial charge is 0.468 e. The van der Waals surface area contributed by atoms with Crippen LogP contribution in [0.5, 0.6) is 0 Å². The molecular formula is C14H19NO4. The molecule has 5 nitrogen and oxygen atoms in total. The molecule has 1 aromatic carbocycles. The van der Waals surface area contributed by atoms with Crippen LogP contribution in [-0.2, 0) is 19.1 Å². The smallest absolute Gasteiger partial charge is 0.324 e. The Morgan fingerprint density at radius 2 is 1.47 bits per heavy atom. The van der Waals surface area contributed by atoms with E-state index in [1.165, 1.54) is 14.2 Å². The second-order valence-electron chi connectivity index (χ2n) is 4.40. The fourth-order valence-corrected chi connectivity index (χ4v) is 1.71. The van der Waals surface area contributed by atoms with Gasteiger partial charge in [0.1, 0.15) is 0 Å². The van der Waals surface area contributed by atoms with Crippen molar-refractivity contribution in [3.63, 3.8) is 0 Å². The van der Waals surface area contributed by atoms with Gasteiger partial charge in [-0.1, -0.05) is 12.1 Å². The molecule has 19 heavy (non-hydrogen) atoms. The monoisotopic (exact) mass is 265 g/mol. The highest BCUT2D eigenvalue weighted by Crippen LogP contribution is 2.21. The molecule has 1 aromatic rings. The van der Waals surface area contributed by atoms with Crippen LogP contribution in [-0.4, -0.2) is 32.2 Å². The third-order valence-corrected chi connectivity index (χ3v) is 2.57. The van der Waals surface area contributed by atoms with E-state index in [-0.39, 0.29) is 0 Å². The van der Waals surface area contributed by atoms with Crippen LogP contribution >= 0.6 is 0 Å². The van der Waals surface area contributed by atoms with Crippen molar-refractivity contribution in [2.24, 2.45) is 0 Å². The molecule has 0 aliphatic rings. The number of anilines is 1. The van der Waals surface area contributed by atoms with Crippen LogP contribution in [0, 0.1) is 0 Å². The number of benzene rings is 1. The van der Waals surface area contributed by atoms with Gasteiger partial charge in [-0.25, -0.2) is 0 Å². The topological polar surface area (TPSA) is 64.6 Å². The number of methoxy groups -OCH3 is 2. The van der Waals surface area contributed by atoms with Crippen molar-refractivity contribution in [3.05, 3.63) is 29.8 Å². The second kappa shape index (κ2) is 6.78. The number of ether oxygens (including phenoxy) is 2. The summed E-state index contributed by atoms with van der Waals surface area (Å²) in [4.78, 5) is 23.3. The molecule has 0 fully saturated rings. The molecule has 0 aliphatic heterocycles. The minimum Gasteiger partial charge on any atom is -0.468 e. The van der Waals surface area contributed by atoms with Gasteiger partial charge in [-0.05, 0) is 31.5 Å². The second-order valence-corrected chi connectivity index (χ2v) is 4.40. The van der Waals surface area contributed by atoms with Crippen molar-refractivity contribution >= 4 is 17.6 Å². The van der Waals surface area contributed by atoms with E-state index in [0.717, 1.165) is 5.69 Å². The molecule has 0 heterocycles. The predicted octanol–water partition coefficient (Wildman–Crippen LogP) is 1.94. The Hall–Kier alpha value is -2.04. The summed E-state index contributed by atoms with van der Waals surface area (Å²) in [6, 6.07) is 7.36. The lowest BCUT2D eigenvalue weighted by Crippen LogP contribution is -2.24. The first-order valence-electron chi connectivity index (χ1n) is 6.01. The zero-order chi connectivity index (χ0) is 14.4. The van der Waals surface area contributed by atoms with Gasteiger partial charge in [-0.3, -0.25) is 9.59 Å². The Balaban J connectivity index is 2.97. The lowest BCUT2D eigenvalue weighted by atomic mass is 9.99. The minimum absolute atomic E-state index is 0.308. The molecule has 1 N–H and O–H groups in total. The van der Waals surface area contributed by atoms with E-state index in [4.69, 9.17) is 0 Å². The van der Waals surface area contributed by atoms with Gasteiger partial charge in [0.15, 0.2) is 5.92 Å². The number of rotatable bonds is 5. The normalized spacial score (nSPS) is 10.4. The molecule has 5 heteroatoms. The van der Waals surface area contributed by atoms with Crippen LogP contribution < -0.4 is 5.32 Å². The van der Waals surface area contributed by atoms with Gasteiger partial charge in [-0.15, -0.1) is 0 Å². The SMILES string of the molecule is COC(=O)C(C(=O)OC)c1ccc(NC(C)C)cc1. The van der Waals surface area contributed by atoms with Crippen LogP contribution in [0.4, 0.5) is 5.69 Å². The van der Waals surface area contributed by atoms with Crippen LogP contribution in [0.1, 0.15) is 25.3 Å². The summed E-state index contributed by atoms with van der Waals surface area (Å²) in [6.45, 7) is 4.05. The quantitative estimate of drug-likeness (QED) is 0.651. The number of carbonyl (C=O) groups excluding carboxylic acids is 2. The molecule has 0 saturated carbocycles. The van der Waals surface area contributed by atoms with E-state index < -0.39 is 17.9 Å². The summed E-state index contributed by atoms with van der Waals surface area (Å²) >= 11 is 0. The maximum Gasteiger partial charge on any atom is 0.324 e. The molecule has 0 aromatic heterocycles. The Morgan fingerprint density at radius 1 is 1.00 bits per heavy atom.